The Morgan fingerprint density at radius 1 is 1.26 bits per heavy atom. The maximum absolute atomic E-state index is 13.4. The van der Waals surface area contributed by atoms with Gasteiger partial charge in [0.05, 0.1) is 0 Å². The fourth-order valence-corrected chi connectivity index (χ4v) is 1.63. The van der Waals surface area contributed by atoms with Gasteiger partial charge in [0.15, 0.2) is 11.6 Å². The standard InChI is InChI=1S/C14H14F2N2O/c1-9(17)6-10-2-5-14(18-8-10)19-13-7-11(15)3-4-12(13)16/h2-5,7-9H,6,17H2,1H3. The highest BCUT2D eigenvalue weighted by Gasteiger charge is 2.07. The van der Waals surface area contributed by atoms with E-state index in [1.807, 2.05) is 6.92 Å². The van der Waals surface area contributed by atoms with Gasteiger partial charge in [-0.1, -0.05) is 6.07 Å². The van der Waals surface area contributed by atoms with Crippen LogP contribution in [-0.2, 0) is 6.42 Å². The lowest BCUT2D eigenvalue weighted by atomic mass is 10.1. The molecule has 0 spiro atoms. The van der Waals surface area contributed by atoms with Gasteiger partial charge in [0.25, 0.3) is 0 Å². The Morgan fingerprint density at radius 3 is 2.68 bits per heavy atom. The lowest BCUT2D eigenvalue weighted by Crippen LogP contribution is -2.17. The number of benzene rings is 1. The van der Waals surface area contributed by atoms with E-state index >= 15 is 0 Å². The van der Waals surface area contributed by atoms with Crippen LogP contribution >= 0.6 is 0 Å². The van der Waals surface area contributed by atoms with Gasteiger partial charge in [-0.3, -0.25) is 0 Å². The van der Waals surface area contributed by atoms with Crippen LogP contribution in [0.1, 0.15) is 12.5 Å². The zero-order valence-corrected chi connectivity index (χ0v) is 10.4. The zero-order chi connectivity index (χ0) is 13.8. The molecular formula is C14H14F2N2O. The fourth-order valence-electron chi connectivity index (χ4n) is 1.63. The number of pyridine rings is 1. The fraction of sp³-hybridized carbons (Fsp3) is 0.214. The maximum Gasteiger partial charge on any atom is 0.219 e. The first-order valence-electron chi connectivity index (χ1n) is 5.88. The molecule has 0 amide bonds. The van der Waals surface area contributed by atoms with E-state index in [2.05, 4.69) is 4.98 Å². The molecule has 1 atom stereocenters. The second-order valence-electron chi connectivity index (χ2n) is 4.36. The van der Waals surface area contributed by atoms with Crippen LogP contribution in [0.25, 0.3) is 0 Å². The molecule has 0 aliphatic rings. The van der Waals surface area contributed by atoms with Gasteiger partial charge >= 0.3 is 0 Å². The number of halogens is 2. The molecule has 0 fully saturated rings. The summed E-state index contributed by atoms with van der Waals surface area (Å²) in [6.45, 7) is 1.90. The van der Waals surface area contributed by atoms with Crippen molar-refractivity contribution >= 4 is 0 Å². The number of hydrogen-bond donors (Lipinski definition) is 1. The molecule has 0 saturated heterocycles. The van der Waals surface area contributed by atoms with Crippen LogP contribution in [0.4, 0.5) is 8.78 Å². The van der Waals surface area contributed by atoms with E-state index < -0.39 is 11.6 Å². The zero-order valence-electron chi connectivity index (χ0n) is 10.4. The van der Waals surface area contributed by atoms with Crippen molar-refractivity contribution in [3.8, 4) is 11.6 Å². The van der Waals surface area contributed by atoms with E-state index in [0.29, 0.717) is 6.42 Å². The van der Waals surface area contributed by atoms with Crippen LogP contribution in [0.15, 0.2) is 36.5 Å². The molecule has 2 rings (SSSR count). The summed E-state index contributed by atoms with van der Waals surface area (Å²) in [5.74, 6) is -1.18. The minimum Gasteiger partial charge on any atom is -0.436 e. The first-order chi connectivity index (χ1) is 9.04. The number of nitrogens with two attached hydrogens (primary N) is 1. The normalized spacial score (nSPS) is 12.2. The summed E-state index contributed by atoms with van der Waals surface area (Å²) in [4.78, 5) is 4.03. The van der Waals surface area contributed by atoms with Crippen LogP contribution < -0.4 is 10.5 Å². The quantitative estimate of drug-likeness (QED) is 0.923. The van der Waals surface area contributed by atoms with Crippen molar-refractivity contribution in [2.24, 2.45) is 5.73 Å². The molecule has 3 nitrogen and oxygen atoms in total. The summed E-state index contributed by atoms with van der Waals surface area (Å²) in [6.07, 6.45) is 2.30. The third-order valence-corrected chi connectivity index (χ3v) is 2.46. The van der Waals surface area contributed by atoms with Crippen molar-refractivity contribution in [1.82, 2.24) is 4.98 Å². The highest BCUT2D eigenvalue weighted by Crippen LogP contribution is 2.23. The average Bonchev–Trinajstić information content (AvgIpc) is 2.35. The predicted molar refractivity (Wildman–Crippen MR) is 68.0 cm³/mol. The summed E-state index contributed by atoms with van der Waals surface area (Å²) in [5, 5.41) is 0. The van der Waals surface area contributed by atoms with E-state index in [9.17, 15) is 8.78 Å². The van der Waals surface area contributed by atoms with Crippen LogP contribution in [0.2, 0.25) is 0 Å². The Kier molecular flexibility index (Phi) is 4.06. The molecule has 1 unspecified atom stereocenters. The van der Waals surface area contributed by atoms with E-state index in [4.69, 9.17) is 10.5 Å². The molecule has 0 radical (unpaired) electrons. The van der Waals surface area contributed by atoms with Crippen LogP contribution in [0.5, 0.6) is 11.6 Å². The Bertz CT molecular complexity index is 556. The van der Waals surface area contributed by atoms with Gasteiger partial charge in [0.2, 0.25) is 5.88 Å². The second-order valence-corrected chi connectivity index (χ2v) is 4.36. The number of aromatic nitrogens is 1. The number of ether oxygens (including phenoxy) is 1. The van der Waals surface area contributed by atoms with E-state index in [1.54, 1.807) is 18.3 Å². The SMILES string of the molecule is CC(N)Cc1ccc(Oc2cc(F)ccc2F)nc1. The van der Waals surface area contributed by atoms with Gasteiger partial charge in [0, 0.05) is 24.4 Å². The van der Waals surface area contributed by atoms with Crippen molar-refractivity contribution in [3.63, 3.8) is 0 Å². The Balaban J connectivity index is 2.13. The Hall–Kier alpha value is -2.01. The summed E-state index contributed by atoms with van der Waals surface area (Å²) in [7, 11) is 0. The van der Waals surface area contributed by atoms with Gasteiger partial charge in [-0.15, -0.1) is 0 Å². The minimum absolute atomic E-state index is 0.0363. The molecule has 1 aromatic heterocycles. The average molecular weight is 264 g/mol. The number of hydrogen-bond acceptors (Lipinski definition) is 3. The predicted octanol–water partition coefficient (Wildman–Crippen LogP) is 3.04. The van der Waals surface area contributed by atoms with Crippen molar-refractivity contribution in [3.05, 3.63) is 53.7 Å². The van der Waals surface area contributed by atoms with Gasteiger partial charge < -0.3 is 10.5 Å². The highest BCUT2D eigenvalue weighted by molar-refractivity contribution is 5.30. The van der Waals surface area contributed by atoms with Crippen LogP contribution in [-0.4, -0.2) is 11.0 Å². The minimum atomic E-state index is -0.636. The molecule has 2 N–H and O–H groups in total. The molecule has 1 aromatic carbocycles. The van der Waals surface area contributed by atoms with Crippen LogP contribution in [0.3, 0.4) is 0 Å². The lowest BCUT2D eigenvalue weighted by Gasteiger charge is -2.08. The molecule has 100 valence electrons. The monoisotopic (exact) mass is 264 g/mol. The summed E-state index contributed by atoms with van der Waals surface area (Å²) in [5.41, 5.74) is 6.63. The molecule has 1 heterocycles. The third kappa shape index (κ3) is 3.72. The molecule has 19 heavy (non-hydrogen) atoms. The summed E-state index contributed by atoms with van der Waals surface area (Å²) in [6, 6.07) is 6.45. The summed E-state index contributed by atoms with van der Waals surface area (Å²) >= 11 is 0. The third-order valence-electron chi connectivity index (χ3n) is 2.46. The van der Waals surface area contributed by atoms with E-state index in [-0.39, 0.29) is 17.7 Å². The van der Waals surface area contributed by atoms with Crippen molar-refractivity contribution < 1.29 is 13.5 Å². The number of nitrogens with zero attached hydrogens (tertiary/aromatic N) is 1. The first-order valence-corrected chi connectivity index (χ1v) is 5.88. The second kappa shape index (κ2) is 5.75. The summed E-state index contributed by atoms with van der Waals surface area (Å²) < 4.78 is 31.5. The van der Waals surface area contributed by atoms with Gasteiger partial charge in [0.1, 0.15) is 5.82 Å². The van der Waals surface area contributed by atoms with Gasteiger partial charge in [-0.05, 0) is 31.0 Å². The maximum atomic E-state index is 13.4. The topological polar surface area (TPSA) is 48.1 Å². The van der Waals surface area contributed by atoms with E-state index in [0.717, 1.165) is 23.8 Å². The van der Waals surface area contributed by atoms with Crippen LogP contribution in [0, 0.1) is 11.6 Å². The largest absolute Gasteiger partial charge is 0.436 e. The van der Waals surface area contributed by atoms with E-state index in [1.165, 1.54) is 0 Å². The van der Waals surface area contributed by atoms with Crippen molar-refractivity contribution in [2.75, 3.05) is 0 Å². The molecule has 0 saturated carbocycles. The molecular weight excluding hydrogens is 250 g/mol. The molecule has 2 aromatic rings. The van der Waals surface area contributed by atoms with Gasteiger partial charge in [-0.2, -0.15) is 0 Å². The molecule has 0 bridgehead atoms. The Morgan fingerprint density at radius 2 is 2.05 bits per heavy atom. The lowest BCUT2D eigenvalue weighted by molar-refractivity contribution is 0.422. The van der Waals surface area contributed by atoms with Crippen molar-refractivity contribution in [1.29, 1.82) is 0 Å². The molecule has 5 heteroatoms. The van der Waals surface area contributed by atoms with Crippen molar-refractivity contribution in [2.45, 2.75) is 19.4 Å². The molecule has 0 aliphatic heterocycles. The highest BCUT2D eigenvalue weighted by atomic mass is 19.1. The van der Waals surface area contributed by atoms with Gasteiger partial charge in [-0.25, -0.2) is 13.8 Å². The smallest absolute Gasteiger partial charge is 0.219 e. The Labute approximate surface area is 110 Å². The molecule has 0 aliphatic carbocycles. The first kappa shape index (κ1) is 13.4. The number of rotatable bonds is 4.